The number of allylic oxidation sites excluding steroid dienone is 2. The molecule has 0 N–H and O–H groups in total. The van der Waals surface area contributed by atoms with Crippen LogP contribution in [0.5, 0.6) is 0 Å². The molecule has 0 heterocycles. The van der Waals surface area contributed by atoms with Gasteiger partial charge in [-0.3, -0.25) is 0 Å². The van der Waals surface area contributed by atoms with Crippen LogP contribution in [-0.2, 0) is 0 Å². The van der Waals surface area contributed by atoms with Crippen molar-refractivity contribution in [1.29, 1.82) is 0 Å². The van der Waals surface area contributed by atoms with Crippen molar-refractivity contribution in [3.63, 3.8) is 0 Å². The number of halogens is 4. The average molecular weight is 733 g/mol. The van der Waals surface area contributed by atoms with Crippen LogP contribution in [0.3, 0.4) is 0 Å². The highest BCUT2D eigenvalue weighted by Crippen LogP contribution is 2.61. The minimum Gasteiger partial charge on any atom is -0.207 e. The minimum absolute atomic E-state index is 0.0328. The molecule has 2 atom stereocenters. The van der Waals surface area contributed by atoms with Crippen molar-refractivity contribution < 1.29 is 17.6 Å². The Morgan fingerprint density at radius 1 is 0.608 bits per heavy atom. The molecule has 0 saturated heterocycles. The van der Waals surface area contributed by atoms with Gasteiger partial charge < -0.3 is 0 Å². The second-order valence-electron chi connectivity index (χ2n) is 20.0. The van der Waals surface area contributed by atoms with Gasteiger partial charge in [-0.2, -0.15) is 0 Å². The second-order valence-corrected chi connectivity index (χ2v) is 20.0. The van der Waals surface area contributed by atoms with E-state index in [1.807, 2.05) is 27.7 Å². The molecule has 0 aromatic heterocycles. The van der Waals surface area contributed by atoms with Gasteiger partial charge in [-0.05, 0) is 104 Å². The van der Waals surface area contributed by atoms with Crippen LogP contribution in [0.2, 0.25) is 0 Å². The Balaban J connectivity index is 0. The Labute approximate surface area is 319 Å². The van der Waals surface area contributed by atoms with Gasteiger partial charge in [0, 0.05) is 24.7 Å². The van der Waals surface area contributed by atoms with Crippen molar-refractivity contribution in [2.24, 2.45) is 64.6 Å². The maximum Gasteiger partial charge on any atom is 0.254 e. The lowest BCUT2D eigenvalue weighted by Crippen LogP contribution is -2.18. The molecule has 4 heteroatoms. The molecule has 51 heavy (non-hydrogen) atoms. The van der Waals surface area contributed by atoms with E-state index in [9.17, 15) is 17.6 Å². The van der Waals surface area contributed by atoms with Crippen molar-refractivity contribution in [3.8, 4) is 0 Å². The van der Waals surface area contributed by atoms with E-state index in [0.717, 1.165) is 42.4 Å². The number of unbranched alkanes of at least 4 members (excludes halogenated alkanes) is 1. The normalized spacial score (nSPS) is 19.2. The molecule has 0 spiro atoms. The first kappa shape index (κ1) is 52.6. The predicted molar refractivity (Wildman–Crippen MR) is 221 cm³/mol. The summed E-state index contributed by atoms with van der Waals surface area (Å²) in [6.45, 7) is 34.3. The fraction of sp³-hybridized carbons (Fsp3) is 0.957. The van der Waals surface area contributed by atoms with E-state index in [1.165, 1.54) is 57.8 Å². The summed E-state index contributed by atoms with van der Waals surface area (Å²) in [5.74, 6) is -0.671. The first-order valence-electron chi connectivity index (χ1n) is 21.8. The monoisotopic (exact) mass is 733 g/mol. The van der Waals surface area contributed by atoms with E-state index >= 15 is 0 Å². The molecule has 0 aliphatic heterocycles. The smallest absolute Gasteiger partial charge is 0.207 e. The highest BCUT2D eigenvalue weighted by Gasteiger charge is 2.67. The molecule has 308 valence electrons. The number of rotatable bonds is 22. The lowest BCUT2D eigenvalue weighted by Gasteiger charge is -2.18. The molecule has 2 fully saturated rings. The fourth-order valence-corrected chi connectivity index (χ4v) is 7.41. The third-order valence-electron chi connectivity index (χ3n) is 10.3. The van der Waals surface area contributed by atoms with E-state index in [2.05, 4.69) is 95.2 Å². The lowest BCUT2D eigenvalue weighted by molar-refractivity contribution is -0.0296. The highest BCUT2D eigenvalue weighted by molar-refractivity contribution is 5.06. The van der Waals surface area contributed by atoms with Crippen LogP contribution in [0.25, 0.3) is 0 Å². The van der Waals surface area contributed by atoms with E-state index in [0.29, 0.717) is 30.6 Å². The van der Waals surface area contributed by atoms with Gasteiger partial charge in [0.1, 0.15) is 0 Å². The summed E-state index contributed by atoms with van der Waals surface area (Å²) in [6, 6.07) is 0. The van der Waals surface area contributed by atoms with Gasteiger partial charge >= 0.3 is 0 Å². The van der Waals surface area contributed by atoms with Crippen LogP contribution in [0.4, 0.5) is 17.6 Å². The molecule has 0 aromatic carbocycles. The molecule has 0 amide bonds. The van der Waals surface area contributed by atoms with Crippen LogP contribution in [0.1, 0.15) is 214 Å². The van der Waals surface area contributed by atoms with Crippen LogP contribution < -0.4 is 0 Å². The van der Waals surface area contributed by atoms with Crippen molar-refractivity contribution >= 4 is 0 Å². The molecule has 2 aliphatic rings. The zero-order chi connectivity index (χ0) is 40.0. The van der Waals surface area contributed by atoms with E-state index in [-0.39, 0.29) is 36.5 Å². The number of hydrogen-bond acceptors (Lipinski definition) is 0. The number of hydrogen-bond donors (Lipinski definition) is 0. The minimum atomic E-state index is -2.44. The molecule has 2 saturated carbocycles. The lowest BCUT2D eigenvalue weighted by atomic mass is 9.88. The Kier molecular flexibility index (Phi) is 27.9. The van der Waals surface area contributed by atoms with Gasteiger partial charge in [-0.15, -0.1) is 0 Å². The average Bonchev–Trinajstić information content (AvgIpc) is 3.82. The summed E-state index contributed by atoms with van der Waals surface area (Å²) in [5.41, 5.74) is 0.809. The van der Waals surface area contributed by atoms with Crippen molar-refractivity contribution in [2.45, 2.75) is 225 Å². The van der Waals surface area contributed by atoms with E-state index in [4.69, 9.17) is 0 Å². The van der Waals surface area contributed by atoms with Crippen molar-refractivity contribution in [3.05, 3.63) is 12.2 Å². The third kappa shape index (κ3) is 30.5. The van der Waals surface area contributed by atoms with E-state index in [1.54, 1.807) is 0 Å². The molecule has 2 rings (SSSR count). The maximum atomic E-state index is 13.2. The third-order valence-corrected chi connectivity index (χ3v) is 10.3. The van der Waals surface area contributed by atoms with Crippen molar-refractivity contribution in [2.75, 3.05) is 0 Å². The van der Waals surface area contributed by atoms with Gasteiger partial charge in [0.2, 0.25) is 5.92 Å². The van der Waals surface area contributed by atoms with Gasteiger partial charge in [0.25, 0.3) is 5.92 Å². The summed E-state index contributed by atoms with van der Waals surface area (Å²) in [7, 11) is 0. The Morgan fingerprint density at radius 2 is 1.08 bits per heavy atom. The van der Waals surface area contributed by atoms with Gasteiger partial charge in [-0.1, -0.05) is 161 Å². The topological polar surface area (TPSA) is 0 Å². The molecular formula is C47H92F4. The predicted octanol–water partition coefficient (Wildman–Crippen LogP) is 17.5. The Hall–Kier alpha value is -0.540. The molecule has 0 nitrogen and oxygen atoms in total. The molecule has 2 unspecified atom stereocenters. The van der Waals surface area contributed by atoms with Crippen LogP contribution in [0.15, 0.2) is 12.2 Å². The quantitative estimate of drug-likeness (QED) is 0.0591. The second kappa shape index (κ2) is 27.1. The summed E-state index contributed by atoms with van der Waals surface area (Å²) in [5, 5.41) is 0. The van der Waals surface area contributed by atoms with Crippen molar-refractivity contribution in [1.82, 2.24) is 0 Å². The van der Waals surface area contributed by atoms with Gasteiger partial charge in [0.05, 0.1) is 0 Å². The number of alkyl halides is 4. The standard InChI is InChI=1S/C13H26.C12H22F2.C11H22F2.C11H22/c1-11(2)6-5-7-13(8-9-13)10-12(3)4;1-8(2)6-5-7-10-11(9(3)4)12(10,13)14;1-9(2)6-5-7-11(12,13)8-10(3)4;1-10(2)8-6-5-7-9-11(3)4/h11-12H,5-10H2,1-4H3;8-11H,5-7H2,1-4H3;9-10H,5-8H2,1-4H3;6,8,10-11H,5,7,9H2,1-4H3/b;;;8-6+. The Morgan fingerprint density at radius 3 is 1.47 bits per heavy atom. The summed E-state index contributed by atoms with van der Waals surface area (Å²) in [4.78, 5) is 0. The summed E-state index contributed by atoms with van der Waals surface area (Å²) in [6.07, 6.45) is 21.9. The molecule has 0 radical (unpaired) electrons. The van der Waals surface area contributed by atoms with Crippen LogP contribution >= 0.6 is 0 Å². The summed E-state index contributed by atoms with van der Waals surface area (Å²) < 4.78 is 52.7. The maximum absolute atomic E-state index is 13.2. The van der Waals surface area contributed by atoms with Crippen LogP contribution in [0, 0.1) is 64.6 Å². The van der Waals surface area contributed by atoms with Gasteiger partial charge in [-0.25, -0.2) is 17.6 Å². The first-order valence-corrected chi connectivity index (χ1v) is 21.8. The van der Waals surface area contributed by atoms with Crippen LogP contribution in [-0.4, -0.2) is 11.8 Å². The highest BCUT2D eigenvalue weighted by atomic mass is 19.3. The molecule has 0 bridgehead atoms. The zero-order valence-corrected chi connectivity index (χ0v) is 37.3. The van der Waals surface area contributed by atoms with E-state index < -0.39 is 11.8 Å². The molecule has 2 aliphatic carbocycles. The SMILES string of the molecule is CC(C)/C=C/CCCC(C)C.CC(C)CCCC(F)(F)CC(C)C.CC(C)CCCC1(CC(C)C)CC1.CC(C)CCCC1C(C(C)C)C1(F)F. The molecular weight excluding hydrogens is 641 g/mol. The molecule has 0 aromatic rings. The summed E-state index contributed by atoms with van der Waals surface area (Å²) >= 11 is 0. The Bertz CT molecular complexity index is 807. The zero-order valence-electron chi connectivity index (χ0n) is 37.3. The van der Waals surface area contributed by atoms with Gasteiger partial charge in [0.15, 0.2) is 0 Å². The first-order chi connectivity index (χ1) is 23.4. The largest absolute Gasteiger partial charge is 0.254 e. The fourth-order valence-electron chi connectivity index (χ4n) is 7.41.